The van der Waals surface area contributed by atoms with Gasteiger partial charge >= 0.3 is 0 Å². The zero-order chi connectivity index (χ0) is 15.4. The molecule has 21 heavy (non-hydrogen) atoms. The van der Waals surface area contributed by atoms with E-state index in [0.717, 1.165) is 57.2 Å². The molecular weight excluding hydrogens is 375 g/mol. The van der Waals surface area contributed by atoms with E-state index >= 15 is 0 Å². The Balaban J connectivity index is 2.52. The van der Waals surface area contributed by atoms with Crippen LogP contribution in [0, 0.1) is 17.4 Å². The second-order valence-corrected chi connectivity index (χ2v) is 6.15. The molecule has 1 N–H and O–H groups in total. The predicted octanol–water partition coefficient (Wildman–Crippen LogP) is 4.14. The molecule has 112 valence electrons. The van der Waals surface area contributed by atoms with Gasteiger partial charge in [0.15, 0.2) is 5.82 Å². The highest BCUT2D eigenvalue weighted by Gasteiger charge is 2.12. The fourth-order valence-corrected chi connectivity index (χ4v) is 2.99. The standard InChI is InChI=1S/C16H21IN4/c1-5-7-18-16-14(17)13(6-2)20-15(21-16)12-8-10(3)19-11(4)9-12/h8-9H,5-7H2,1-4H3,(H,18,20,21). The highest BCUT2D eigenvalue weighted by Crippen LogP contribution is 2.25. The monoisotopic (exact) mass is 396 g/mol. The van der Waals surface area contributed by atoms with Crippen LogP contribution in [0.1, 0.15) is 37.4 Å². The Kier molecular flexibility index (Phi) is 5.50. The van der Waals surface area contributed by atoms with Gasteiger partial charge in [0.25, 0.3) is 0 Å². The first-order valence-corrected chi connectivity index (χ1v) is 8.39. The quantitative estimate of drug-likeness (QED) is 0.772. The molecule has 0 aliphatic carbocycles. The third kappa shape index (κ3) is 3.90. The van der Waals surface area contributed by atoms with E-state index in [4.69, 9.17) is 9.97 Å². The topological polar surface area (TPSA) is 50.7 Å². The Hall–Kier alpha value is -1.24. The van der Waals surface area contributed by atoms with Crippen molar-refractivity contribution in [1.82, 2.24) is 15.0 Å². The largest absolute Gasteiger partial charge is 0.369 e. The van der Waals surface area contributed by atoms with Gasteiger partial charge in [0.2, 0.25) is 0 Å². The minimum atomic E-state index is 0.777. The summed E-state index contributed by atoms with van der Waals surface area (Å²) < 4.78 is 1.12. The zero-order valence-corrected chi connectivity index (χ0v) is 15.2. The van der Waals surface area contributed by atoms with E-state index in [-0.39, 0.29) is 0 Å². The molecule has 0 atom stereocenters. The lowest BCUT2D eigenvalue weighted by Gasteiger charge is -2.12. The summed E-state index contributed by atoms with van der Waals surface area (Å²) in [5.41, 5.74) is 4.11. The average molecular weight is 396 g/mol. The summed E-state index contributed by atoms with van der Waals surface area (Å²) in [5, 5.41) is 3.40. The molecule has 0 saturated carbocycles. The van der Waals surface area contributed by atoms with Crippen molar-refractivity contribution in [3.05, 3.63) is 32.8 Å². The Morgan fingerprint density at radius 3 is 2.29 bits per heavy atom. The summed E-state index contributed by atoms with van der Waals surface area (Å²) in [4.78, 5) is 13.9. The van der Waals surface area contributed by atoms with Crippen LogP contribution in [0.4, 0.5) is 5.82 Å². The normalized spacial score (nSPS) is 10.7. The van der Waals surface area contributed by atoms with E-state index in [1.54, 1.807) is 0 Å². The molecule has 0 amide bonds. The third-order valence-electron chi connectivity index (χ3n) is 3.14. The predicted molar refractivity (Wildman–Crippen MR) is 95.6 cm³/mol. The van der Waals surface area contributed by atoms with Crippen molar-refractivity contribution in [2.24, 2.45) is 0 Å². The van der Waals surface area contributed by atoms with Crippen molar-refractivity contribution in [2.75, 3.05) is 11.9 Å². The van der Waals surface area contributed by atoms with Crippen LogP contribution in [0.5, 0.6) is 0 Å². The summed E-state index contributed by atoms with van der Waals surface area (Å²) in [5.74, 6) is 1.71. The molecule has 0 spiro atoms. The molecule has 2 aromatic heterocycles. The lowest BCUT2D eigenvalue weighted by atomic mass is 10.2. The highest BCUT2D eigenvalue weighted by molar-refractivity contribution is 14.1. The van der Waals surface area contributed by atoms with Gasteiger partial charge in [-0.15, -0.1) is 0 Å². The van der Waals surface area contributed by atoms with Gasteiger partial charge < -0.3 is 5.32 Å². The van der Waals surface area contributed by atoms with Gasteiger partial charge in [0, 0.05) is 23.5 Å². The Morgan fingerprint density at radius 2 is 1.71 bits per heavy atom. The molecule has 0 fully saturated rings. The number of pyridine rings is 1. The lowest BCUT2D eigenvalue weighted by Crippen LogP contribution is -2.09. The van der Waals surface area contributed by atoms with Gasteiger partial charge in [-0.05, 0) is 61.4 Å². The number of anilines is 1. The second-order valence-electron chi connectivity index (χ2n) is 5.08. The third-order valence-corrected chi connectivity index (χ3v) is 4.27. The van der Waals surface area contributed by atoms with Gasteiger partial charge in [0.1, 0.15) is 5.82 Å². The van der Waals surface area contributed by atoms with E-state index in [9.17, 15) is 0 Å². The van der Waals surface area contributed by atoms with Crippen molar-refractivity contribution in [1.29, 1.82) is 0 Å². The maximum absolute atomic E-state index is 4.73. The van der Waals surface area contributed by atoms with Gasteiger partial charge in [-0.25, -0.2) is 9.97 Å². The lowest BCUT2D eigenvalue weighted by molar-refractivity contribution is 0.942. The van der Waals surface area contributed by atoms with E-state index in [2.05, 4.69) is 46.7 Å². The Morgan fingerprint density at radius 1 is 1.05 bits per heavy atom. The smallest absolute Gasteiger partial charge is 0.161 e. The molecule has 2 aromatic rings. The van der Waals surface area contributed by atoms with Gasteiger partial charge in [-0.3, -0.25) is 4.98 Å². The van der Waals surface area contributed by atoms with Crippen LogP contribution in [0.15, 0.2) is 12.1 Å². The number of nitrogens with zero attached hydrogens (tertiary/aromatic N) is 3. The molecule has 0 unspecified atom stereocenters. The van der Waals surface area contributed by atoms with Crippen LogP contribution < -0.4 is 5.32 Å². The molecule has 4 nitrogen and oxygen atoms in total. The number of hydrogen-bond acceptors (Lipinski definition) is 4. The van der Waals surface area contributed by atoms with E-state index in [1.807, 2.05) is 26.0 Å². The van der Waals surface area contributed by atoms with Crippen molar-refractivity contribution in [2.45, 2.75) is 40.5 Å². The zero-order valence-electron chi connectivity index (χ0n) is 13.0. The number of rotatable bonds is 5. The van der Waals surface area contributed by atoms with Crippen molar-refractivity contribution < 1.29 is 0 Å². The minimum Gasteiger partial charge on any atom is -0.369 e. The fourth-order valence-electron chi connectivity index (χ4n) is 2.18. The molecule has 0 aliphatic heterocycles. The summed E-state index contributed by atoms with van der Waals surface area (Å²) in [6.45, 7) is 9.20. The summed E-state index contributed by atoms with van der Waals surface area (Å²) in [6, 6.07) is 4.08. The van der Waals surface area contributed by atoms with Gasteiger partial charge in [0.05, 0.1) is 9.26 Å². The first-order valence-electron chi connectivity index (χ1n) is 7.31. The molecule has 0 saturated heterocycles. The number of halogens is 1. The Bertz CT molecular complexity index is 620. The van der Waals surface area contributed by atoms with Crippen molar-refractivity contribution in [3.63, 3.8) is 0 Å². The summed E-state index contributed by atoms with van der Waals surface area (Å²) in [7, 11) is 0. The number of aromatic nitrogens is 3. The van der Waals surface area contributed by atoms with Crippen LogP contribution in [-0.2, 0) is 6.42 Å². The number of nitrogens with one attached hydrogen (secondary N) is 1. The van der Waals surface area contributed by atoms with Gasteiger partial charge in [-0.1, -0.05) is 13.8 Å². The van der Waals surface area contributed by atoms with E-state index in [1.165, 1.54) is 0 Å². The van der Waals surface area contributed by atoms with Crippen LogP contribution in [0.2, 0.25) is 0 Å². The summed E-state index contributed by atoms with van der Waals surface area (Å²) >= 11 is 2.33. The molecule has 0 aliphatic rings. The van der Waals surface area contributed by atoms with Crippen LogP contribution in [-0.4, -0.2) is 21.5 Å². The molecule has 0 bridgehead atoms. The first kappa shape index (κ1) is 16.1. The average Bonchev–Trinajstić information content (AvgIpc) is 2.45. The first-order chi connectivity index (χ1) is 10.0. The van der Waals surface area contributed by atoms with Crippen LogP contribution in [0.25, 0.3) is 11.4 Å². The van der Waals surface area contributed by atoms with Crippen LogP contribution in [0.3, 0.4) is 0 Å². The maximum Gasteiger partial charge on any atom is 0.161 e. The molecule has 2 rings (SSSR count). The molecule has 5 heteroatoms. The van der Waals surface area contributed by atoms with Crippen molar-refractivity contribution in [3.8, 4) is 11.4 Å². The van der Waals surface area contributed by atoms with E-state index in [0.29, 0.717) is 0 Å². The summed E-state index contributed by atoms with van der Waals surface area (Å²) in [6.07, 6.45) is 1.97. The fraction of sp³-hybridized carbons (Fsp3) is 0.438. The molecule has 0 radical (unpaired) electrons. The molecular formula is C16H21IN4. The number of aryl methyl sites for hydroxylation is 3. The SMILES string of the molecule is CCCNc1nc(-c2cc(C)nc(C)c2)nc(CC)c1I. The van der Waals surface area contributed by atoms with Crippen molar-refractivity contribution >= 4 is 28.4 Å². The van der Waals surface area contributed by atoms with E-state index < -0.39 is 0 Å². The molecule has 0 aromatic carbocycles. The number of hydrogen-bond donors (Lipinski definition) is 1. The second kappa shape index (κ2) is 7.15. The van der Waals surface area contributed by atoms with Gasteiger partial charge in [-0.2, -0.15) is 0 Å². The minimum absolute atomic E-state index is 0.777. The highest BCUT2D eigenvalue weighted by atomic mass is 127. The van der Waals surface area contributed by atoms with Crippen LogP contribution >= 0.6 is 22.6 Å². The molecule has 2 heterocycles. The maximum atomic E-state index is 4.73. The Labute approximate surface area is 140 Å².